The Morgan fingerprint density at radius 3 is 2.29 bits per heavy atom. The lowest BCUT2D eigenvalue weighted by atomic mass is 10.2. The zero-order valence-corrected chi connectivity index (χ0v) is 15.1. The quantitative estimate of drug-likeness (QED) is 0.793. The average molecular weight is 357 g/mol. The molecule has 1 aromatic carbocycles. The smallest absolute Gasteiger partial charge is 0.238 e. The molecule has 0 aliphatic carbocycles. The number of anilines is 1. The van der Waals surface area contributed by atoms with Crippen LogP contribution in [0, 0.1) is 5.82 Å². The second-order valence-electron chi connectivity index (χ2n) is 6.22. The van der Waals surface area contributed by atoms with Crippen molar-refractivity contribution in [1.29, 1.82) is 0 Å². The molecule has 0 bridgehead atoms. The van der Waals surface area contributed by atoms with Crippen molar-refractivity contribution in [2.75, 3.05) is 43.9 Å². The summed E-state index contributed by atoms with van der Waals surface area (Å²) in [5.41, 5.74) is 0.532. The molecule has 134 valence electrons. The highest BCUT2D eigenvalue weighted by Crippen LogP contribution is 2.20. The second kappa shape index (κ2) is 7.48. The van der Waals surface area contributed by atoms with Crippen molar-refractivity contribution in [3.63, 3.8) is 0 Å². The van der Waals surface area contributed by atoms with E-state index >= 15 is 0 Å². The average Bonchev–Trinajstić information content (AvgIpc) is 2.51. The van der Waals surface area contributed by atoms with Gasteiger partial charge in [0, 0.05) is 32.2 Å². The van der Waals surface area contributed by atoms with Gasteiger partial charge in [0.15, 0.2) is 0 Å². The molecule has 24 heavy (non-hydrogen) atoms. The van der Waals surface area contributed by atoms with Crippen molar-refractivity contribution >= 4 is 21.6 Å². The number of nitrogens with zero attached hydrogens (tertiary/aromatic N) is 3. The van der Waals surface area contributed by atoms with E-state index < -0.39 is 10.0 Å². The first-order valence-corrected chi connectivity index (χ1v) is 9.79. The standard InChI is InChI=1S/C16H24FN3O3S/c1-13(2)20(24(3,22)23)12-16(21)19-10-8-18(9-11-19)15-7-5-4-6-14(15)17/h4-7,13H,8-12H2,1-3H3. The fourth-order valence-corrected chi connectivity index (χ4v) is 3.93. The summed E-state index contributed by atoms with van der Waals surface area (Å²) in [5, 5.41) is 0. The van der Waals surface area contributed by atoms with E-state index in [0.29, 0.717) is 31.9 Å². The predicted molar refractivity (Wildman–Crippen MR) is 91.9 cm³/mol. The van der Waals surface area contributed by atoms with Crippen molar-refractivity contribution in [2.24, 2.45) is 0 Å². The summed E-state index contributed by atoms with van der Waals surface area (Å²) in [4.78, 5) is 15.9. The van der Waals surface area contributed by atoms with Gasteiger partial charge < -0.3 is 9.80 Å². The number of benzene rings is 1. The van der Waals surface area contributed by atoms with Gasteiger partial charge >= 0.3 is 0 Å². The Kier molecular flexibility index (Phi) is 5.82. The minimum Gasteiger partial charge on any atom is -0.366 e. The number of carbonyl (C=O) groups is 1. The molecule has 0 spiro atoms. The molecule has 0 atom stereocenters. The van der Waals surface area contributed by atoms with Crippen LogP contribution < -0.4 is 4.90 Å². The van der Waals surface area contributed by atoms with Crippen molar-refractivity contribution in [1.82, 2.24) is 9.21 Å². The summed E-state index contributed by atoms with van der Waals surface area (Å²) in [7, 11) is -3.43. The SMILES string of the molecule is CC(C)N(CC(=O)N1CCN(c2ccccc2F)CC1)S(C)(=O)=O. The molecule has 0 saturated carbocycles. The summed E-state index contributed by atoms with van der Waals surface area (Å²) in [6.45, 7) is 5.26. The van der Waals surface area contributed by atoms with Gasteiger partial charge in [0.25, 0.3) is 0 Å². The minimum atomic E-state index is -3.43. The first kappa shape index (κ1) is 18.7. The Morgan fingerprint density at radius 2 is 1.79 bits per heavy atom. The van der Waals surface area contributed by atoms with E-state index in [4.69, 9.17) is 0 Å². The zero-order valence-electron chi connectivity index (χ0n) is 14.3. The number of carbonyl (C=O) groups excluding carboxylic acids is 1. The molecule has 1 aliphatic rings. The lowest BCUT2D eigenvalue weighted by Crippen LogP contribution is -2.52. The number of piperazine rings is 1. The first-order chi connectivity index (χ1) is 11.2. The third kappa shape index (κ3) is 4.45. The lowest BCUT2D eigenvalue weighted by Gasteiger charge is -2.37. The largest absolute Gasteiger partial charge is 0.366 e. The number of sulfonamides is 1. The Labute approximate surface area is 142 Å². The van der Waals surface area contributed by atoms with Crippen molar-refractivity contribution < 1.29 is 17.6 Å². The van der Waals surface area contributed by atoms with Crippen molar-refractivity contribution in [3.05, 3.63) is 30.1 Å². The lowest BCUT2D eigenvalue weighted by molar-refractivity contribution is -0.131. The molecule has 1 aliphatic heterocycles. The Bertz CT molecular complexity index is 686. The van der Waals surface area contributed by atoms with Crippen LogP contribution in [0.4, 0.5) is 10.1 Å². The van der Waals surface area contributed by atoms with Crippen LogP contribution in [0.2, 0.25) is 0 Å². The molecule has 8 heteroatoms. The molecule has 0 N–H and O–H groups in total. The Morgan fingerprint density at radius 1 is 1.21 bits per heavy atom. The number of hydrogen-bond acceptors (Lipinski definition) is 4. The number of hydrogen-bond donors (Lipinski definition) is 0. The highest BCUT2D eigenvalue weighted by Gasteiger charge is 2.28. The molecule has 2 rings (SSSR count). The first-order valence-electron chi connectivity index (χ1n) is 7.94. The van der Waals surface area contributed by atoms with Gasteiger partial charge in [-0.2, -0.15) is 4.31 Å². The van der Waals surface area contributed by atoms with Crippen molar-refractivity contribution in [3.8, 4) is 0 Å². The maximum absolute atomic E-state index is 13.8. The summed E-state index contributed by atoms with van der Waals surface area (Å²) in [6, 6.07) is 6.28. The van der Waals surface area contributed by atoms with Crippen LogP contribution in [0.15, 0.2) is 24.3 Å². The number of halogens is 1. The van der Waals surface area contributed by atoms with Gasteiger partial charge in [-0.15, -0.1) is 0 Å². The highest BCUT2D eigenvalue weighted by atomic mass is 32.2. The molecule has 1 aromatic rings. The molecule has 0 radical (unpaired) electrons. The van der Waals surface area contributed by atoms with E-state index in [1.165, 1.54) is 10.4 Å². The highest BCUT2D eigenvalue weighted by molar-refractivity contribution is 7.88. The van der Waals surface area contributed by atoms with Gasteiger partial charge in [-0.3, -0.25) is 4.79 Å². The summed E-state index contributed by atoms with van der Waals surface area (Å²) in [6.07, 6.45) is 1.11. The summed E-state index contributed by atoms with van der Waals surface area (Å²) in [5.74, 6) is -0.498. The van der Waals surface area contributed by atoms with Crippen LogP contribution in [-0.4, -0.2) is 68.6 Å². The molecule has 1 saturated heterocycles. The molecule has 1 amide bonds. The Balaban J connectivity index is 1.97. The normalized spacial score (nSPS) is 16.1. The molecular formula is C16H24FN3O3S. The molecule has 0 unspecified atom stereocenters. The van der Waals surface area contributed by atoms with E-state index in [9.17, 15) is 17.6 Å². The number of rotatable bonds is 5. The monoisotopic (exact) mass is 357 g/mol. The van der Waals surface area contributed by atoms with Gasteiger partial charge in [0.05, 0.1) is 18.5 Å². The van der Waals surface area contributed by atoms with E-state index in [2.05, 4.69) is 0 Å². The molecule has 0 aromatic heterocycles. The topological polar surface area (TPSA) is 60.9 Å². The number of amides is 1. The fraction of sp³-hybridized carbons (Fsp3) is 0.562. The van der Waals surface area contributed by atoms with E-state index in [-0.39, 0.29) is 24.3 Å². The summed E-state index contributed by atoms with van der Waals surface area (Å²) < 4.78 is 38.6. The molecule has 6 nitrogen and oxygen atoms in total. The third-order valence-corrected chi connectivity index (χ3v) is 5.52. The molecular weight excluding hydrogens is 333 g/mol. The zero-order chi connectivity index (χ0) is 17.9. The summed E-state index contributed by atoms with van der Waals surface area (Å²) >= 11 is 0. The van der Waals surface area contributed by atoms with Crippen molar-refractivity contribution in [2.45, 2.75) is 19.9 Å². The second-order valence-corrected chi connectivity index (χ2v) is 8.16. The van der Waals surface area contributed by atoms with Gasteiger partial charge in [-0.25, -0.2) is 12.8 Å². The van der Waals surface area contributed by atoms with Gasteiger partial charge in [0.1, 0.15) is 5.82 Å². The maximum Gasteiger partial charge on any atom is 0.238 e. The van der Waals surface area contributed by atoms with Crippen LogP contribution >= 0.6 is 0 Å². The molecule has 1 heterocycles. The third-order valence-electron chi connectivity index (χ3n) is 4.12. The minimum absolute atomic E-state index is 0.157. The van der Waals surface area contributed by atoms with Crippen LogP contribution in [0.25, 0.3) is 0 Å². The fourth-order valence-electron chi connectivity index (χ4n) is 2.82. The van der Waals surface area contributed by atoms with E-state index in [0.717, 1.165) is 6.26 Å². The van der Waals surface area contributed by atoms with Gasteiger partial charge in [-0.1, -0.05) is 12.1 Å². The molecule has 1 fully saturated rings. The van der Waals surface area contributed by atoms with Gasteiger partial charge in [-0.05, 0) is 26.0 Å². The Hall–Kier alpha value is -1.67. The predicted octanol–water partition coefficient (Wildman–Crippen LogP) is 1.14. The van der Waals surface area contributed by atoms with Gasteiger partial charge in [0.2, 0.25) is 15.9 Å². The van der Waals surface area contributed by atoms with Crippen LogP contribution in [0.3, 0.4) is 0 Å². The van der Waals surface area contributed by atoms with E-state index in [1.807, 2.05) is 4.90 Å². The van der Waals surface area contributed by atoms with E-state index in [1.54, 1.807) is 36.9 Å². The number of para-hydroxylation sites is 1. The maximum atomic E-state index is 13.8. The van der Waals surface area contributed by atoms with Crippen LogP contribution in [0.5, 0.6) is 0 Å². The van der Waals surface area contributed by atoms with Crippen LogP contribution in [-0.2, 0) is 14.8 Å². The van der Waals surface area contributed by atoms with Crippen LogP contribution in [0.1, 0.15) is 13.8 Å².